The second-order valence-electron chi connectivity index (χ2n) is 4.13. The van der Waals surface area contributed by atoms with Crippen LogP contribution in [0.5, 0.6) is 0 Å². The summed E-state index contributed by atoms with van der Waals surface area (Å²) in [6.45, 7) is 3.96. The van der Waals surface area contributed by atoms with Crippen LogP contribution >= 0.6 is 15.9 Å². The molecule has 0 saturated carbocycles. The number of hydrogen-bond acceptors (Lipinski definition) is 1. The summed E-state index contributed by atoms with van der Waals surface area (Å²) in [5, 5.41) is 9.62. The van der Waals surface area contributed by atoms with Gasteiger partial charge in [0.15, 0.2) is 0 Å². The Hall–Kier alpha value is -0.410. The molecule has 3 heteroatoms. The van der Waals surface area contributed by atoms with Gasteiger partial charge in [-0.25, -0.2) is 4.39 Å². The van der Waals surface area contributed by atoms with Gasteiger partial charge >= 0.3 is 0 Å². The fourth-order valence-electron chi connectivity index (χ4n) is 1.40. The Balaban J connectivity index is 2.57. The van der Waals surface area contributed by atoms with Crippen LogP contribution in [0.25, 0.3) is 0 Å². The van der Waals surface area contributed by atoms with Crippen molar-refractivity contribution < 1.29 is 9.50 Å². The van der Waals surface area contributed by atoms with E-state index in [0.29, 0.717) is 12.8 Å². The molecule has 1 unspecified atom stereocenters. The van der Waals surface area contributed by atoms with E-state index in [4.69, 9.17) is 0 Å². The van der Waals surface area contributed by atoms with E-state index in [-0.39, 0.29) is 17.8 Å². The monoisotopic (exact) mass is 274 g/mol. The van der Waals surface area contributed by atoms with Crippen LogP contribution in [-0.4, -0.2) is 11.2 Å². The topological polar surface area (TPSA) is 20.2 Å². The number of halogens is 2. The fourth-order valence-corrected chi connectivity index (χ4v) is 1.92. The molecule has 0 fully saturated rings. The smallest absolute Gasteiger partial charge is 0.124 e. The number of rotatable bonds is 4. The maximum atomic E-state index is 13.0. The van der Waals surface area contributed by atoms with Crippen LogP contribution in [0.3, 0.4) is 0 Å². The van der Waals surface area contributed by atoms with E-state index in [1.165, 1.54) is 12.1 Å². The minimum atomic E-state index is -0.313. The Kier molecular flexibility index (Phi) is 4.74. The van der Waals surface area contributed by atoms with Crippen LogP contribution in [0.15, 0.2) is 22.7 Å². The fraction of sp³-hybridized carbons (Fsp3) is 0.500. The van der Waals surface area contributed by atoms with Gasteiger partial charge in [-0.3, -0.25) is 0 Å². The van der Waals surface area contributed by atoms with Gasteiger partial charge in [0.1, 0.15) is 5.82 Å². The number of aliphatic hydroxyl groups is 1. The van der Waals surface area contributed by atoms with Crippen molar-refractivity contribution >= 4 is 15.9 Å². The summed E-state index contributed by atoms with van der Waals surface area (Å²) in [6, 6.07) is 4.83. The van der Waals surface area contributed by atoms with E-state index < -0.39 is 0 Å². The second-order valence-corrected chi connectivity index (χ2v) is 5.04. The average molecular weight is 275 g/mol. The molecule has 0 aliphatic carbocycles. The third kappa shape index (κ3) is 4.31. The van der Waals surface area contributed by atoms with E-state index in [1.807, 2.05) is 19.9 Å². The van der Waals surface area contributed by atoms with Crippen molar-refractivity contribution in [1.29, 1.82) is 0 Å². The minimum absolute atomic E-state index is 0.238. The van der Waals surface area contributed by atoms with E-state index in [0.717, 1.165) is 10.0 Å². The highest BCUT2D eigenvalue weighted by Crippen LogP contribution is 2.17. The van der Waals surface area contributed by atoms with Crippen LogP contribution in [0.4, 0.5) is 4.39 Å². The number of benzene rings is 1. The van der Waals surface area contributed by atoms with Gasteiger partial charge in [0, 0.05) is 4.47 Å². The molecule has 0 amide bonds. The highest BCUT2D eigenvalue weighted by molar-refractivity contribution is 9.10. The molecule has 1 N–H and O–H groups in total. The first-order valence-corrected chi connectivity index (χ1v) is 5.91. The summed E-state index contributed by atoms with van der Waals surface area (Å²) >= 11 is 3.25. The van der Waals surface area contributed by atoms with Gasteiger partial charge < -0.3 is 5.11 Å². The van der Waals surface area contributed by atoms with E-state index >= 15 is 0 Å². The zero-order chi connectivity index (χ0) is 11.4. The lowest BCUT2D eigenvalue weighted by Crippen LogP contribution is -2.15. The van der Waals surface area contributed by atoms with Crippen LogP contribution in [0.2, 0.25) is 0 Å². The molecule has 84 valence electrons. The second kappa shape index (κ2) is 5.61. The summed E-state index contributed by atoms with van der Waals surface area (Å²) < 4.78 is 13.8. The van der Waals surface area contributed by atoms with Crippen molar-refractivity contribution in [2.24, 2.45) is 5.92 Å². The third-order valence-electron chi connectivity index (χ3n) is 2.42. The molecule has 0 radical (unpaired) electrons. The van der Waals surface area contributed by atoms with Crippen LogP contribution < -0.4 is 0 Å². The molecule has 0 aliphatic heterocycles. The molecule has 15 heavy (non-hydrogen) atoms. The molecule has 1 nitrogen and oxygen atoms in total. The van der Waals surface area contributed by atoms with E-state index in [1.54, 1.807) is 0 Å². The molecule has 0 saturated heterocycles. The van der Waals surface area contributed by atoms with E-state index in [2.05, 4.69) is 15.9 Å². The number of aliphatic hydroxyl groups excluding tert-OH is 1. The Morgan fingerprint density at radius 1 is 1.33 bits per heavy atom. The summed E-state index contributed by atoms with van der Waals surface area (Å²) in [5.74, 6) is 0.0143. The minimum Gasteiger partial charge on any atom is -0.393 e. The van der Waals surface area contributed by atoms with Gasteiger partial charge in [0.2, 0.25) is 0 Å². The molecule has 1 aromatic carbocycles. The summed E-state index contributed by atoms with van der Waals surface area (Å²) in [4.78, 5) is 0. The van der Waals surface area contributed by atoms with Crippen molar-refractivity contribution in [1.82, 2.24) is 0 Å². The molecular formula is C12H16BrFO. The lowest BCUT2D eigenvalue weighted by molar-refractivity contribution is 0.116. The van der Waals surface area contributed by atoms with Gasteiger partial charge in [0.25, 0.3) is 0 Å². The molecule has 1 atom stereocenters. The van der Waals surface area contributed by atoms with Crippen LogP contribution in [0, 0.1) is 11.7 Å². The van der Waals surface area contributed by atoms with Crippen molar-refractivity contribution in [3.63, 3.8) is 0 Å². The van der Waals surface area contributed by atoms with Crippen molar-refractivity contribution in [2.45, 2.75) is 32.8 Å². The summed E-state index contributed by atoms with van der Waals surface area (Å²) in [6.07, 6.45) is 1.07. The molecule has 0 bridgehead atoms. The molecule has 0 spiro atoms. The normalized spacial score (nSPS) is 13.2. The molecule has 0 heterocycles. The highest BCUT2D eigenvalue weighted by atomic mass is 79.9. The van der Waals surface area contributed by atoms with Crippen molar-refractivity contribution in [3.8, 4) is 0 Å². The molecular weight excluding hydrogens is 259 g/mol. The van der Waals surface area contributed by atoms with E-state index in [9.17, 15) is 9.50 Å². The lowest BCUT2D eigenvalue weighted by atomic mass is 9.99. The highest BCUT2D eigenvalue weighted by Gasteiger charge is 2.09. The SMILES string of the molecule is CC(C)C(O)CCc1cc(F)cc(Br)c1. The van der Waals surface area contributed by atoms with Gasteiger partial charge in [-0.05, 0) is 42.5 Å². The van der Waals surface area contributed by atoms with Gasteiger partial charge in [-0.2, -0.15) is 0 Å². The number of hydrogen-bond donors (Lipinski definition) is 1. The molecule has 0 aliphatic rings. The zero-order valence-corrected chi connectivity index (χ0v) is 10.6. The Labute approximate surface area is 98.4 Å². The van der Waals surface area contributed by atoms with Crippen LogP contribution in [0.1, 0.15) is 25.8 Å². The van der Waals surface area contributed by atoms with Gasteiger partial charge in [0.05, 0.1) is 6.10 Å². The maximum Gasteiger partial charge on any atom is 0.124 e. The Bertz CT molecular complexity index is 305. The summed E-state index contributed by atoms with van der Waals surface area (Å²) in [7, 11) is 0. The number of aryl methyl sites for hydroxylation is 1. The Morgan fingerprint density at radius 2 is 2.00 bits per heavy atom. The van der Waals surface area contributed by atoms with Gasteiger partial charge in [-0.15, -0.1) is 0 Å². The first kappa shape index (κ1) is 12.7. The molecule has 1 aromatic rings. The van der Waals surface area contributed by atoms with Gasteiger partial charge in [-0.1, -0.05) is 29.8 Å². The first-order valence-electron chi connectivity index (χ1n) is 5.12. The Morgan fingerprint density at radius 3 is 2.53 bits per heavy atom. The molecule has 1 rings (SSSR count). The quantitative estimate of drug-likeness (QED) is 0.891. The van der Waals surface area contributed by atoms with Crippen molar-refractivity contribution in [3.05, 3.63) is 34.1 Å². The maximum absolute atomic E-state index is 13.0. The predicted molar refractivity (Wildman–Crippen MR) is 63.3 cm³/mol. The predicted octanol–water partition coefficient (Wildman–Crippen LogP) is 3.54. The lowest BCUT2D eigenvalue weighted by Gasteiger charge is -2.14. The van der Waals surface area contributed by atoms with Crippen molar-refractivity contribution in [2.75, 3.05) is 0 Å². The van der Waals surface area contributed by atoms with Crippen LogP contribution in [-0.2, 0) is 6.42 Å². The standard InChI is InChI=1S/C12H16BrFO/c1-8(2)12(15)4-3-9-5-10(13)7-11(14)6-9/h5-8,12,15H,3-4H2,1-2H3. The zero-order valence-electron chi connectivity index (χ0n) is 9.00. The first-order chi connectivity index (χ1) is 6.99. The summed E-state index contributed by atoms with van der Waals surface area (Å²) in [5.41, 5.74) is 0.918. The largest absolute Gasteiger partial charge is 0.393 e. The average Bonchev–Trinajstić information content (AvgIpc) is 2.12. The third-order valence-corrected chi connectivity index (χ3v) is 2.88. The molecule has 0 aromatic heterocycles.